The van der Waals surface area contributed by atoms with Gasteiger partial charge in [0, 0.05) is 30.7 Å². The lowest BCUT2D eigenvalue weighted by molar-refractivity contribution is 0.147. The summed E-state index contributed by atoms with van der Waals surface area (Å²) in [5.41, 5.74) is 5.01. The van der Waals surface area contributed by atoms with E-state index in [1.807, 2.05) is 18.2 Å². The molecule has 1 aliphatic heterocycles. The molecule has 3 atom stereocenters. The predicted molar refractivity (Wildman–Crippen MR) is 118 cm³/mol. The van der Waals surface area contributed by atoms with Crippen molar-refractivity contribution in [2.24, 2.45) is 0 Å². The third-order valence-corrected chi connectivity index (χ3v) is 6.42. The minimum atomic E-state index is -0.265. The van der Waals surface area contributed by atoms with Gasteiger partial charge in [0.25, 0.3) is 0 Å². The second-order valence-corrected chi connectivity index (χ2v) is 8.49. The van der Waals surface area contributed by atoms with Gasteiger partial charge in [0.2, 0.25) is 5.88 Å². The van der Waals surface area contributed by atoms with Crippen molar-refractivity contribution >= 4 is 11.2 Å². The van der Waals surface area contributed by atoms with Crippen molar-refractivity contribution in [2.75, 3.05) is 0 Å². The van der Waals surface area contributed by atoms with E-state index in [0.717, 1.165) is 53.9 Å². The molecule has 0 bridgehead atoms. The van der Waals surface area contributed by atoms with Crippen molar-refractivity contribution in [3.63, 3.8) is 0 Å². The number of benzene rings is 1. The lowest BCUT2D eigenvalue weighted by Crippen LogP contribution is -2.14. The van der Waals surface area contributed by atoms with E-state index in [1.54, 1.807) is 6.20 Å². The fourth-order valence-electron chi connectivity index (χ4n) is 4.90. The molecule has 4 aromatic rings. The van der Waals surface area contributed by atoms with E-state index in [4.69, 9.17) is 14.7 Å². The summed E-state index contributed by atoms with van der Waals surface area (Å²) in [5.74, 6) is 1.69. The van der Waals surface area contributed by atoms with E-state index in [2.05, 4.69) is 45.9 Å². The number of nitrogens with zero attached hydrogens (tertiary/aromatic N) is 4. The van der Waals surface area contributed by atoms with Crippen LogP contribution in [0.4, 0.5) is 0 Å². The van der Waals surface area contributed by atoms with Crippen molar-refractivity contribution in [3.8, 4) is 17.1 Å². The molecule has 6 heteroatoms. The number of ether oxygens (including phenoxy) is 1. The third kappa shape index (κ3) is 3.37. The largest absolute Gasteiger partial charge is 0.474 e. The van der Waals surface area contributed by atoms with Crippen LogP contribution in [0.2, 0.25) is 0 Å². The van der Waals surface area contributed by atoms with Gasteiger partial charge in [0.15, 0.2) is 5.65 Å². The van der Waals surface area contributed by atoms with Crippen LogP contribution in [0, 0.1) is 0 Å². The zero-order valence-electron chi connectivity index (χ0n) is 17.2. The monoisotopic (exact) mass is 412 g/mol. The van der Waals surface area contributed by atoms with Gasteiger partial charge in [-0.1, -0.05) is 30.3 Å². The molecule has 3 aromatic heterocycles. The Bertz CT molecular complexity index is 1240. The molecule has 4 heterocycles. The molecule has 2 unspecified atom stereocenters. The van der Waals surface area contributed by atoms with Gasteiger partial charge < -0.3 is 14.4 Å². The van der Waals surface area contributed by atoms with Crippen molar-refractivity contribution < 1.29 is 9.84 Å². The van der Waals surface area contributed by atoms with E-state index in [9.17, 15) is 5.11 Å². The highest BCUT2D eigenvalue weighted by Gasteiger charge is 2.28. The maximum atomic E-state index is 9.75. The summed E-state index contributed by atoms with van der Waals surface area (Å²) in [6.45, 7) is 0. The maximum Gasteiger partial charge on any atom is 0.214 e. The Balaban J connectivity index is 1.35. The van der Waals surface area contributed by atoms with Gasteiger partial charge in [-0.05, 0) is 43.0 Å². The predicted octanol–water partition coefficient (Wildman–Crippen LogP) is 4.32. The number of pyridine rings is 2. The standard InChI is InChI=1S/C25H24N4O2/c30-18-6-7-19(15-18)31-24-14-17(12-13-26-24)20-8-9-21-25(28-20)29-22(10-11-23(29)27-21)16-4-2-1-3-5-16/h1-5,8-9,12-14,18-19,22,30H,6-7,10-11,15H2/t18?,19?,22-/m1/s1. The average molecular weight is 412 g/mol. The molecule has 2 aliphatic rings. The van der Waals surface area contributed by atoms with Crippen LogP contribution in [0.3, 0.4) is 0 Å². The highest BCUT2D eigenvalue weighted by molar-refractivity contribution is 5.77. The number of aromatic nitrogens is 4. The van der Waals surface area contributed by atoms with Crippen LogP contribution in [0.5, 0.6) is 5.88 Å². The SMILES string of the molecule is OC1CCC(Oc2cc(-c3ccc4nc5n(c4n3)[C@@H](c3ccccc3)CC5)ccn2)C1. The average Bonchev–Trinajstić information content (AvgIpc) is 3.49. The minimum Gasteiger partial charge on any atom is -0.474 e. The Labute approximate surface area is 180 Å². The van der Waals surface area contributed by atoms with Crippen LogP contribution < -0.4 is 4.74 Å². The van der Waals surface area contributed by atoms with Gasteiger partial charge in [-0.15, -0.1) is 0 Å². The first-order chi connectivity index (χ1) is 15.2. The Hall–Kier alpha value is -3.25. The Morgan fingerprint density at radius 1 is 0.968 bits per heavy atom. The lowest BCUT2D eigenvalue weighted by Gasteiger charge is -2.15. The van der Waals surface area contributed by atoms with E-state index in [-0.39, 0.29) is 18.2 Å². The van der Waals surface area contributed by atoms with Crippen LogP contribution >= 0.6 is 0 Å². The lowest BCUT2D eigenvalue weighted by atomic mass is 10.0. The number of aryl methyl sites for hydroxylation is 1. The molecule has 156 valence electrons. The molecular formula is C25H24N4O2. The number of fused-ring (bicyclic) bond motifs is 3. The van der Waals surface area contributed by atoms with E-state index in [0.29, 0.717) is 12.3 Å². The molecule has 0 amide bonds. The molecule has 1 saturated carbocycles. The summed E-state index contributed by atoms with van der Waals surface area (Å²) in [6.07, 6.45) is 5.85. The molecule has 6 rings (SSSR count). The van der Waals surface area contributed by atoms with Gasteiger partial charge in [-0.2, -0.15) is 0 Å². The first-order valence-corrected chi connectivity index (χ1v) is 11.0. The fraction of sp³-hybridized carbons (Fsp3) is 0.320. The topological polar surface area (TPSA) is 73.1 Å². The molecule has 1 N–H and O–H groups in total. The Morgan fingerprint density at radius 2 is 1.87 bits per heavy atom. The molecule has 1 fully saturated rings. The Kier molecular flexibility index (Phi) is 4.46. The van der Waals surface area contributed by atoms with Crippen LogP contribution in [-0.2, 0) is 6.42 Å². The molecule has 1 aliphatic carbocycles. The van der Waals surface area contributed by atoms with Crippen LogP contribution in [0.15, 0.2) is 60.8 Å². The highest BCUT2D eigenvalue weighted by Crippen LogP contribution is 2.35. The van der Waals surface area contributed by atoms with Crippen molar-refractivity contribution in [3.05, 3.63) is 72.2 Å². The van der Waals surface area contributed by atoms with Gasteiger partial charge in [-0.3, -0.25) is 0 Å². The fourth-order valence-corrected chi connectivity index (χ4v) is 4.90. The van der Waals surface area contributed by atoms with Gasteiger partial charge >= 0.3 is 0 Å². The maximum absolute atomic E-state index is 9.75. The minimum absolute atomic E-state index is 0.0259. The number of aliphatic hydroxyl groups excluding tert-OH is 1. The zero-order chi connectivity index (χ0) is 20.8. The molecule has 31 heavy (non-hydrogen) atoms. The summed E-state index contributed by atoms with van der Waals surface area (Å²) in [7, 11) is 0. The molecular weight excluding hydrogens is 388 g/mol. The quantitative estimate of drug-likeness (QED) is 0.540. The van der Waals surface area contributed by atoms with Crippen LogP contribution in [-0.4, -0.2) is 36.8 Å². The second kappa shape index (κ2) is 7.46. The third-order valence-electron chi connectivity index (χ3n) is 6.42. The summed E-state index contributed by atoms with van der Waals surface area (Å²) < 4.78 is 8.31. The molecule has 0 radical (unpaired) electrons. The molecule has 0 spiro atoms. The van der Waals surface area contributed by atoms with Crippen molar-refractivity contribution in [2.45, 2.75) is 50.4 Å². The van der Waals surface area contributed by atoms with E-state index >= 15 is 0 Å². The van der Waals surface area contributed by atoms with Gasteiger partial charge in [0.1, 0.15) is 17.4 Å². The summed E-state index contributed by atoms with van der Waals surface area (Å²) in [4.78, 5) is 14.2. The number of aliphatic hydroxyl groups is 1. The van der Waals surface area contributed by atoms with E-state index in [1.165, 1.54) is 5.56 Å². The molecule has 6 nitrogen and oxygen atoms in total. The Morgan fingerprint density at radius 3 is 2.71 bits per heavy atom. The summed E-state index contributed by atoms with van der Waals surface area (Å²) in [5, 5.41) is 9.75. The summed E-state index contributed by atoms with van der Waals surface area (Å²) in [6, 6.07) is 18.8. The zero-order valence-corrected chi connectivity index (χ0v) is 17.2. The van der Waals surface area contributed by atoms with Crippen LogP contribution in [0.1, 0.15) is 43.1 Å². The number of imidazole rings is 1. The second-order valence-electron chi connectivity index (χ2n) is 8.49. The molecule has 0 saturated heterocycles. The van der Waals surface area contributed by atoms with Gasteiger partial charge in [-0.25, -0.2) is 15.0 Å². The first kappa shape index (κ1) is 18.5. The van der Waals surface area contributed by atoms with Crippen molar-refractivity contribution in [1.82, 2.24) is 19.5 Å². The van der Waals surface area contributed by atoms with Crippen LogP contribution in [0.25, 0.3) is 22.4 Å². The normalized spacial score (nSPS) is 22.7. The number of hydrogen-bond acceptors (Lipinski definition) is 5. The summed E-state index contributed by atoms with van der Waals surface area (Å²) >= 11 is 0. The first-order valence-electron chi connectivity index (χ1n) is 11.0. The highest BCUT2D eigenvalue weighted by atomic mass is 16.5. The van der Waals surface area contributed by atoms with Gasteiger partial charge in [0.05, 0.1) is 17.8 Å². The number of rotatable bonds is 4. The molecule has 1 aromatic carbocycles. The van der Waals surface area contributed by atoms with Crippen molar-refractivity contribution in [1.29, 1.82) is 0 Å². The smallest absolute Gasteiger partial charge is 0.214 e. The van der Waals surface area contributed by atoms with E-state index < -0.39 is 0 Å². The number of hydrogen-bond donors (Lipinski definition) is 1.